The highest BCUT2D eigenvalue weighted by molar-refractivity contribution is 6.22. The van der Waals surface area contributed by atoms with E-state index >= 15 is 0 Å². The summed E-state index contributed by atoms with van der Waals surface area (Å²) in [4.78, 5) is 0. The first kappa shape index (κ1) is 37.2. The average Bonchev–Trinajstić information content (AvgIpc) is 4.25. The summed E-state index contributed by atoms with van der Waals surface area (Å²) in [5.74, 6) is 0. The summed E-state index contributed by atoms with van der Waals surface area (Å²) in [6.07, 6.45) is 0.792. The van der Waals surface area contributed by atoms with Crippen molar-refractivity contribution in [3.8, 4) is 44.5 Å². The Morgan fingerprint density at radius 2 is 0.800 bits per heavy atom. The second-order valence-corrected chi connectivity index (χ2v) is 20.2. The van der Waals surface area contributed by atoms with Gasteiger partial charge in [-0.2, -0.15) is 0 Å². The van der Waals surface area contributed by atoms with Crippen LogP contribution in [0.15, 0.2) is 200 Å². The molecule has 4 heterocycles. The van der Waals surface area contributed by atoms with Gasteiger partial charge in [-0.15, -0.1) is 0 Å². The van der Waals surface area contributed by atoms with Gasteiger partial charge in [-0.25, -0.2) is 0 Å². The molecule has 0 radical (unpaired) electrons. The standard InChI is InChI=1S/C66H38O4/c1-66(2)52-32-50-38(27-39-29-48(59-46-15-7-9-17-54(46)67-64(59)58(39)50)36-21-23-42-44-25-19-34-11-3-5-13-40(34)62(44)69-56(42)30-36)28-51(52)61-53(66)33-49(60-47-16-8-10-18-55(47)68-65(60)61)37-22-24-43-45-26-20-35-12-4-6-14-41(35)63(45)70-57(43)31-37/h3-26,28-33H,27H2,1-2H3. The minimum Gasteiger partial charge on any atom is -0.455 e. The summed E-state index contributed by atoms with van der Waals surface area (Å²) in [5.41, 5.74) is 21.4. The Morgan fingerprint density at radius 1 is 0.329 bits per heavy atom. The van der Waals surface area contributed by atoms with Crippen LogP contribution >= 0.6 is 0 Å². The Bertz CT molecular complexity index is 4890. The molecule has 4 nitrogen and oxygen atoms in total. The molecule has 15 aromatic rings. The zero-order valence-corrected chi connectivity index (χ0v) is 38.2. The van der Waals surface area contributed by atoms with E-state index in [-0.39, 0.29) is 5.41 Å². The van der Waals surface area contributed by atoms with Crippen molar-refractivity contribution in [3.05, 3.63) is 204 Å². The van der Waals surface area contributed by atoms with Gasteiger partial charge in [0.1, 0.15) is 44.7 Å². The summed E-state index contributed by atoms with van der Waals surface area (Å²) in [6, 6.07) is 65.9. The molecule has 0 unspecified atom stereocenters. The van der Waals surface area contributed by atoms with Gasteiger partial charge < -0.3 is 17.7 Å². The fourth-order valence-corrected chi connectivity index (χ4v) is 12.9. The van der Waals surface area contributed by atoms with E-state index in [9.17, 15) is 0 Å². The van der Waals surface area contributed by atoms with Gasteiger partial charge in [0.15, 0.2) is 0 Å². The van der Waals surface area contributed by atoms with Crippen LogP contribution in [0.1, 0.15) is 36.1 Å². The third kappa shape index (κ3) is 4.66. The molecule has 17 rings (SSSR count). The third-order valence-corrected chi connectivity index (χ3v) is 16.2. The van der Waals surface area contributed by atoms with Gasteiger partial charge in [0.2, 0.25) is 0 Å². The van der Waals surface area contributed by atoms with Crippen molar-refractivity contribution < 1.29 is 17.7 Å². The second kappa shape index (κ2) is 12.8. The molecule has 11 aromatic carbocycles. The molecule has 70 heavy (non-hydrogen) atoms. The lowest BCUT2D eigenvalue weighted by Gasteiger charge is -2.23. The summed E-state index contributed by atoms with van der Waals surface area (Å²) >= 11 is 0. The van der Waals surface area contributed by atoms with E-state index in [0.717, 1.165) is 127 Å². The maximum absolute atomic E-state index is 7.05. The van der Waals surface area contributed by atoms with Crippen molar-refractivity contribution >= 4 is 109 Å². The molecule has 0 spiro atoms. The molecule has 0 fully saturated rings. The molecular formula is C66H38O4. The molecule has 0 aliphatic heterocycles. The number of benzene rings is 11. The van der Waals surface area contributed by atoms with E-state index in [1.54, 1.807) is 0 Å². The normalized spacial score (nSPS) is 13.9. The van der Waals surface area contributed by atoms with E-state index in [1.807, 2.05) is 0 Å². The number of fused-ring (bicyclic) bond motifs is 24. The second-order valence-electron chi connectivity index (χ2n) is 20.2. The van der Waals surface area contributed by atoms with Crippen molar-refractivity contribution in [1.82, 2.24) is 0 Å². The van der Waals surface area contributed by atoms with Gasteiger partial charge >= 0.3 is 0 Å². The Balaban J connectivity index is 0.858. The van der Waals surface area contributed by atoms with Gasteiger partial charge in [-0.1, -0.05) is 123 Å². The average molecular weight is 895 g/mol. The Morgan fingerprint density at radius 3 is 1.40 bits per heavy atom. The van der Waals surface area contributed by atoms with Gasteiger partial charge in [0.25, 0.3) is 0 Å². The molecule has 0 amide bonds. The minimum atomic E-state index is -0.340. The Kier molecular flexibility index (Phi) is 6.80. The summed E-state index contributed by atoms with van der Waals surface area (Å²) in [6.45, 7) is 4.76. The van der Waals surface area contributed by atoms with Crippen molar-refractivity contribution in [2.24, 2.45) is 0 Å². The fraction of sp³-hybridized carbons (Fsp3) is 0.0606. The lowest BCUT2D eigenvalue weighted by molar-refractivity contribution is 0.653. The lowest BCUT2D eigenvalue weighted by Crippen LogP contribution is -2.15. The van der Waals surface area contributed by atoms with Crippen LogP contribution in [0.5, 0.6) is 0 Å². The molecule has 2 aliphatic carbocycles. The van der Waals surface area contributed by atoms with Crippen molar-refractivity contribution in [2.45, 2.75) is 25.7 Å². The van der Waals surface area contributed by atoms with E-state index in [4.69, 9.17) is 17.7 Å². The highest BCUT2D eigenvalue weighted by atomic mass is 16.3. The summed E-state index contributed by atoms with van der Waals surface area (Å²) < 4.78 is 27.6. The quantitative estimate of drug-likeness (QED) is 0.173. The van der Waals surface area contributed by atoms with Crippen molar-refractivity contribution in [2.75, 3.05) is 0 Å². The summed E-state index contributed by atoms with van der Waals surface area (Å²) in [7, 11) is 0. The molecule has 0 saturated heterocycles. The van der Waals surface area contributed by atoms with Crippen LogP contribution in [0.4, 0.5) is 0 Å². The Hall–Kier alpha value is -8.86. The van der Waals surface area contributed by atoms with E-state index < -0.39 is 0 Å². The Labute approximate surface area is 399 Å². The zero-order chi connectivity index (χ0) is 45.7. The van der Waals surface area contributed by atoms with Gasteiger partial charge in [0, 0.05) is 70.4 Å². The number of furan rings is 4. The van der Waals surface area contributed by atoms with Crippen LogP contribution in [-0.4, -0.2) is 0 Å². The smallest absolute Gasteiger partial charge is 0.144 e. The molecule has 0 N–H and O–H groups in total. The molecule has 4 heteroatoms. The van der Waals surface area contributed by atoms with Crippen LogP contribution in [0.3, 0.4) is 0 Å². The van der Waals surface area contributed by atoms with Gasteiger partial charge in [0.05, 0.1) is 0 Å². The third-order valence-electron chi connectivity index (χ3n) is 16.2. The molecule has 0 saturated carbocycles. The molecule has 0 atom stereocenters. The SMILES string of the molecule is CC1(C)c2cc3c(cc2-c2c1cc(-c1ccc4c(c1)oc1c5ccccc5ccc41)c1c2oc2ccccc21)Cc1cc(-c2ccc4c(c2)oc2c5ccccc5ccc42)c2c(oc4ccccc42)c1-3. The van der Waals surface area contributed by atoms with Crippen molar-refractivity contribution in [3.63, 3.8) is 0 Å². The van der Waals surface area contributed by atoms with Gasteiger partial charge in [-0.3, -0.25) is 0 Å². The maximum atomic E-state index is 7.05. The number of hydrogen-bond donors (Lipinski definition) is 0. The molecule has 326 valence electrons. The molecule has 4 aromatic heterocycles. The van der Waals surface area contributed by atoms with Crippen LogP contribution in [-0.2, 0) is 11.8 Å². The summed E-state index contributed by atoms with van der Waals surface area (Å²) in [5, 5.41) is 13.6. The fourth-order valence-electron chi connectivity index (χ4n) is 12.9. The highest BCUT2D eigenvalue weighted by Crippen LogP contribution is 2.58. The predicted molar refractivity (Wildman–Crippen MR) is 287 cm³/mol. The predicted octanol–water partition coefficient (Wildman–Crippen LogP) is 18.8. The molecule has 0 bridgehead atoms. The lowest BCUT2D eigenvalue weighted by atomic mass is 9.80. The monoisotopic (exact) mass is 894 g/mol. The zero-order valence-electron chi connectivity index (χ0n) is 38.2. The van der Waals surface area contributed by atoms with Crippen LogP contribution in [0, 0.1) is 0 Å². The van der Waals surface area contributed by atoms with Crippen LogP contribution in [0.2, 0.25) is 0 Å². The topological polar surface area (TPSA) is 52.6 Å². The largest absolute Gasteiger partial charge is 0.455 e. The highest BCUT2D eigenvalue weighted by Gasteiger charge is 2.41. The van der Waals surface area contributed by atoms with E-state index in [0.29, 0.717) is 0 Å². The van der Waals surface area contributed by atoms with Crippen LogP contribution < -0.4 is 0 Å². The molecule has 2 aliphatic rings. The number of hydrogen-bond acceptors (Lipinski definition) is 4. The molecular weight excluding hydrogens is 857 g/mol. The van der Waals surface area contributed by atoms with Crippen LogP contribution in [0.25, 0.3) is 154 Å². The van der Waals surface area contributed by atoms with Crippen molar-refractivity contribution in [1.29, 1.82) is 0 Å². The van der Waals surface area contributed by atoms with E-state index in [2.05, 4.69) is 196 Å². The number of rotatable bonds is 2. The first-order valence-corrected chi connectivity index (χ1v) is 24.3. The maximum Gasteiger partial charge on any atom is 0.144 e. The first-order chi connectivity index (χ1) is 34.4. The van der Waals surface area contributed by atoms with E-state index in [1.165, 1.54) is 55.3 Å². The first-order valence-electron chi connectivity index (χ1n) is 24.3. The van der Waals surface area contributed by atoms with Gasteiger partial charge in [-0.05, 0) is 146 Å². The minimum absolute atomic E-state index is 0.340. The number of para-hydroxylation sites is 2.